The minimum absolute atomic E-state index is 0.0387. The molecule has 6 heteroatoms. The van der Waals surface area contributed by atoms with E-state index in [1.54, 1.807) is 4.52 Å². The number of nitrogens with zero attached hydrogens (tertiary/aromatic N) is 4. The summed E-state index contributed by atoms with van der Waals surface area (Å²) in [4.78, 5) is 0. The van der Waals surface area contributed by atoms with E-state index >= 15 is 0 Å². The summed E-state index contributed by atoms with van der Waals surface area (Å²) in [6.07, 6.45) is -0.0387. The Balaban J connectivity index is 1.57. The Morgan fingerprint density at radius 2 is 1.67 bits per heavy atom. The third kappa shape index (κ3) is 3.80. The highest BCUT2D eigenvalue weighted by Crippen LogP contribution is 2.20. The number of benzene rings is 2. The molecule has 0 saturated carbocycles. The third-order valence-electron chi connectivity index (χ3n) is 4.30. The smallest absolute Gasteiger partial charge is 0.185 e. The molecule has 2 aromatic carbocycles. The zero-order chi connectivity index (χ0) is 18.5. The number of anilines is 1. The number of hydrogen-bond acceptors (Lipinski definition) is 5. The number of hydrogen-bond donors (Lipinski definition) is 1. The van der Waals surface area contributed by atoms with Crippen molar-refractivity contribution in [1.29, 1.82) is 0 Å². The highest BCUT2D eigenvalue weighted by atomic mass is 16.5. The van der Waals surface area contributed by atoms with E-state index < -0.39 is 0 Å². The summed E-state index contributed by atoms with van der Waals surface area (Å²) < 4.78 is 7.65. The second-order valence-electron chi connectivity index (χ2n) is 6.11. The maximum atomic E-state index is 5.89. The fraction of sp³-hybridized carbons (Fsp3) is 0.190. The normalized spacial score (nSPS) is 12.2. The molecule has 0 fully saturated rings. The van der Waals surface area contributed by atoms with Crippen LogP contribution in [0.15, 0.2) is 72.8 Å². The Labute approximate surface area is 157 Å². The Bertz CT molecular complexity index is 1000. The van der Waals surface area contributed by atoms with E-state index in [1.807, 2.05) is 67.6 Å². The molecule has 0 saturated heterocycles. The zero-order valence-electron chi connectivity index (χ0n) is 15.1. The van der Waals surface area contributed by atoms with Gasteiger partial charge < -0.3 is 10.1 Å². The zero-order valence-corrected chi connectivity index (χ0v) is 15.1. The van der Waals surface area contributed by atoms with Crippen molar-refractivity contribution in [1.82, 2.24) is 19.8 Å². The fourth-order valence-corrected chi connectivity index (χ4v) is 2.99. The summed E-state index contributed by atoms with van der Waals surface area (Å²) in [7, 11) is 0. The van der Waals surface area contributed by atoms with Gasteiger partial charge in [0, 0.05) is 18.7 Å². The maximum absolute atomic E-state index is 5.89. The molecule has 4 rings (SSSR count). The van der Waals surface area contributed by atoms with Crippen molar-refractivity contribution in [2.45, 2.75) is 13.0 Å². The molecule has 1 unspecified atom stereocenters. The summed E-state index contributed by atoms with van der Waals surface area (Å²) in [5, 5.41) is 16.5. The minimum Gasteiger partial charge on any atom is -0.372 e. The molecular formula is C21H21N5O. The van der Waals surface area contributed by atoms with E-state index in [2.05, 4.69) is 32.7 Å². The van der Waals surface area contributed by atoms with E-state index in [0.29, 0.717) is 18.8 Å². The first-order chi connectivity index (χ1) is 13.3. The summed E-state index contributed by atoms with van der Waals surface area (Å²) in [6, 6.07) is 24.0. The van der Waals surface area contributed by atoms with Gasteiger partial charge >= 0.3 is 0 Å². The number of ether oxygens (including phenoxy) is 1. The first-order valence-corrected chi connectivity index (χ1v) is 9.03. The number of nitrogens with one attached hydrogen (secondary N) is 1. The molecule has 0 spiro atoms. The van der Waals surface area contributed by atoms with Crippen LogP contribution < -0.4 is 5.32 Å². The van der Waals surface area contributed by atoms with E-state index in [9.17, 15) is 0 Å². The lowest BCUT2D eigenvalue weighted by Crippen LogP contribution is -2.17. The number of rotatable bonds is 7. The van der Waals surface area contributed by atoms with Crippen molar-refractivity contribution < 1.29 is 4.74 Å². The van der Waals surface area contributed by atoms with Crippen LogP contribution >= 0.6 is 0 Å². The molecule has 0 aliphatic carbocycles. The van der Waals surface area contributed by atoms with Crippen LogP contribution in [0.2, 0.25) is 0 Å². The molecule has 27 heavy (non-hydrogen) atoms. The second-order valence-corrected chi connectivity index (χ2v) is 6.11. The van der Waals surface area contributed by atoms with E-state index in [-0.39, 0.29) is 6.10 Å². The van der Waals surface area contributed by atoms with Crippen molar-refractivity contribution in [2.75, 3.05) is 18.5 Å². The lowest BCUT2D eigenvalue weighted by atomic mass is 10.1. The lowest BCUT2D eigenvalue weighted by Gasteiger charge is -2.18. The predicted molar refractivity (Wildman–Crippen MR) is 106 cm³/mol. The van der Waals surface area contributed by atoms with Gasteiger partial charge in [-0.2, -0.15) is 4.52 Å². The van der Waals surface area contributed by atoms with Crippen LogP contribution in [-0.2, 0) is 4.74 Å². The van der Waals surface area contributed by atoms with Gasteiger partial charge in [0.1, 0.15) is 5.82 Å². The fourth-order valence-electron chi connectivity index (χ4n) is 2.99. The van der Waals surface area contributed by atoms with Gasteiger partial charge in [-0.05, 0) is 24.6 Å². The van der Waals surface area contributed by atoms with Gasteiger partial charge in [0.2, 0.25) is 0 Å². The number of fused-ring (bicyclic) bond motifs is 1. The summed E-state index contributed by atoms with van der Waals surface area (Å²) in [5.74, 6) is 1.47. The third-order valence-corrected chi connectivity index (χ3v) is 4.30. The molecule has 0 radical (unpaired) electrons. The van der Waals surface area contributed by atoms with E-state index in [0.717, 1.165) is 22.8 Å². The molecule has 4 aromatic rings. The molecule has 0 aliphatic heterocycles. The van der Waals surface area contributed by atoms with Crippen LogP contribution in [0.5, 0.6) is 0 Å². The summed E-state index contributed by atoms with van der Waals surface area (Å²) in [5.41, 5.74) is 2.83. The van der Waals surface area contributed by atoms with Gasteiger partial charge in [0.15, 0.2) is 11.5 Å². The number of aromatic nitrogens is 4. The van der Waals surface area contributed by atoms with Crippen molar-refractivity contribution in [2.24, 2.45) is 0 Å². The van der Waals surface area contributed by atoms with Crippen LogP contribution in [0, 0.1) is 0 Å². The first kappa shape index (κ1) is 17.2. The largest absolute Gasteiger partial charge is 0.372 e. The van der Waals surface area contributed by atoms with Gasteiger partial charge in [-0.3, -0.25) is 0 Å². The molecule has 0 aliphatic rings. The Morgan fingerprint density at radius 3 is 2.41 bits per heavy atom. The van der Waals surface area contributed by atoms with Gasteiger partial charge in [0.05, 0.1) is 6.10 Å². The van der Waals surface area contributed by atoms with Gasteiger partial charge in [-0.1, -0.05) is 60.7 Å². The highest BCUT2D eigenvalue weighted by molar-refractivity contribution is 5.59. The van der Waals surface area contributed by atoms with Gasteiger partial charge in [-0.25, -0.2) is 0 Å². The topological polar surface area (TPSA) is 64.3 Å². The highest BCUT2D eigenvalue weighted by Gasteiger charge is 2.13. The molecular weight excluding hydrogens is 338 g/mol. The Kier molecular flexibility index (Phi) is 5.07. The quantitative estimate of drug-likeness (QED) is 0.541. The predicted octanol–water partition coefficient (Wildman–Crippen LogP) is 3.98. The van der Waals surface area contributed by atoms with Crippen molar-refractivity contribution in [3.8, 4) is 11.4 Å². The molecule has 1 N–H and O–H groups in total. The Hall–Kier alpha value is -3.25. The molecule has 0 amide bonds. The monoisotopic (exact) mass is 359 g/mol. The maximum Gasteiger partial charge on any atom is 0.185 e. The SMILES string of the molecule is CCOC(CNc1ccc2nnc(-c3ccccc3)n2n1)c1ccccc1. The van der Waals surface area contributed by atoms with Crippen LogP contribution in [0.4, 0.5) is 5.82 Å². The second kappa shape index (κ2) is 7.97. The molecule has 2 aromatic heterocycles. The standard InChI is InChI=1S/C21H21N5O/c1-2-27-18(16-9-5-3-6-10-16)15-22-19-13-14-20-23-24-21(26(20)25-19)17-11-7-4-8-12-17/h3-14,18H,2,15H2,1H3,(H,22,25). The summed E-state index contributed by atoms with van der Waals surface area (Å²) in [6.45, 7) is 3.28. The van der Waals surface area contributed by atoms with Gasteiger partial charge in [-0.15, -0.1) is 15.3 Å². The molecule has 2 heterocycles. The van der Waals surface area contributed by atoms with Crippen LogP contribution in [0.3, 0.4) is 0 Å². The molecule has 0 bridgehead atoms. The van der Waals surface area contributed by atoms with Gasteiger partial charge in [0.25, 0.3) is 0 Å². The molecule has 1 atom stereocenters. The van der Waals surface area contributed by atoms with Crippen molar-refractivity contribution >= 4 is 11.5 Å². The van der Waals surface area contributed by atoms with E-state index in [4.69, 9.17) is 4.74 Å². The average Bonchev–Trinajstić information content (AvgIpc) is 3.15. The minimum atomic E-state index is -0.0387. The average molecular weight is 359 g/mol. The summed E-state index contributed by atoms with van der Waals surface area (Å²) >= 11 is 0. The van der Waals surface area contributed by atoms with Crippen molar-refractivity contribution in [3.63, 3.8) is 0 Å². The van der Waals surface area contributed by atoms with Crippen LogP contribution in [0.25, 0.3) is 17.0 Å². The lowest BCUT2D eigenvalue weighted by molar-refractivity contribution is 0.0718. The molecule has 136 valence electrons. The first-order valence-electron chi connectivity index (χ1n) is 9.03. The van der Waals surface area contributed by atoms with Crippen LogP contribution in [-0.4, -0.2) is 33.0 Å². The molecule has 6 nitrogen and oxygen atoms in total. The van der Waals surface area contributed by atoms with E-state index in [1.165, 1.54) is 0 Å². The van der Waals surface area contributed by atoms with Crippen molar-refractivity contribution in [3.05, 3.63) is 78.4 Å². The Morgan fingerprint density at radius 1 is 0.926 bits per heavy atom. The van der Waals surface area contributed by atoms with Crippen LogP contribution in [0.1, 0.15) is 18.6 Å².